The molecule has 0 saturated heterocycles. The van der Waals surface area contributed by atoms with Crippen LogP contribution >= 0.6 is 22.7 Å². The van der Waals surface area contributed by atoms with Gasteiger partial charge in [0.05, 0.1) is 21.8 Å². The predicted octanol–water partition coefficient (Wildman–Crippen LogP) is 5.92. The summed E-state index contributed by atoms with van der Waals surface area (Å²) in [5, 5.41) is 7.14. The van der Waals surface area contributed by atoms with Crippen LogP contribution in [0.15, 0.2) is 47.8 Å². The van der Waals surface area contributed by atoms with Crippen LogP contribution in [0.2, 0.25) is 0 Å². The molecule has 4 N–H and O–H groups in total. The molecule has 0 saturated carbocycles. The number of fused-ring (bicyclic) bond motifs is 1. The number of nitrogens with two attached hydrogens (primary N) is 1. The number of carbonyl (C=O) groups is 1. The monoisotopic (exact) mass is 448 g/mol. The number of benzene rings is 1. The first kappa shape index (κ1) is 20.2. The quantitative estimate of drug-likeness (QED) is 0.362. The molecule has 4 aromatic rings. The van der Waals surface area contributed by atoms with Gasteiger partial charge in [-0.15, -0.1) is 22.7 Å². The van der Waals surface area contributed by atoms with E-state index in [1.165, 1.54) is 11.3 Å². The number of carbonyl (C=O) groups excluding carboxylic acids is 1. The van der Waals surface area contributed by atoms with Crippen LogP contribution in [0, 0.1) is 0 Å². The van der Waals surface area contributed by atoms with Crippen molar-refractivity contribution >= 4 is 55.9 Å². The maximum atomic E-state index is 13.8. The highest BCUT2D eigenvalue weighted by Gasteiger charge is 2.36. The van der Waals surface area contributed by atoms with E-state index < -0.39 is 17.6 Å². The van der Waals surface area contributed by atoms with Crippen LogP contribution in [0.1, 0.15) is 15.2 Å². The van der Waals surface area contributed by atoms with Gasteiger partial charge in [0, 0.05) is 23.8 Å². The highest BCUT2D eigenvalue weighted by atomic mass is 32.1. The summed E-state index contributed by atoms with van der Waals surface area (Å²) in [6.45, 7) is 0. The highest BCUT2D eigenvalue weighted by molar-refractivity contribution is 7.21. The van der Waals surface area contributed by atoms with Crippen molar-refractivity contribution in [1.82, 2.24) is 4.98 Å². The van der Waals surface area contributed by atoms with Gasteiger partial charge in [-0.1, -0.05) is 6.07 Å². The summed E-state index contributed by atoms with van der Waals surface area (Å²) in [5.74, 6) is -0.585. The number of aromatic nitrogens is 1. The van der Waals surface area contributed by atoms with Crippen LogP contribution in [-0.2, 0) is 6.18 Å². The lowest BCUT2D eigenvalue weighted by Crippen LogP contribution is -2.12. The van der Waals surface area contributed by atoms with E-state index in [4.69, 9.17) is 5.73 Å². The second kappa shape index (κ2) is 7.62. The summed E-state index contributed by atoms with van der Waals surface area (Å²) in [7, 11) is 1.77. The Kier molecular flexibility index (Phi) is 5.12. The summed E-state index contributed by atoms with van der Waals surface area (Å²) < 4.78 is 41.3. The normalized spacial score (nSPS) is 11.6. The van der Waals surface area contributed by atoms with Gasteiger partial charge in [-0.3, -0.25) is 4.79 Å². The van der Waals surface area contributed by atoms with E-state index in [0.717, 1.165) is 23.1 Å². The Bertz CT molecular complexity index is 1220. The Balaban J connectivity index is 1.79. The Morgan fingerprint density at radius 1 is 1.13 bits per heavy atom. The number of hydrogen-bond acceptors (Lipinski definition) is 6. The number of nitrogens with one attached hydrogen (secondary N) is 2. The van der Waals surface area contributed by atoms with Gasteiger partial charge in [0.15, 0.2) is 0 Å². The Morgan fingerprint density at radius 2 is 1.83 bits per heavy atom. The van der Waals surface area contributed by atoms with Crippen molar-refractivity contribution in [3.8, 4) is 10.6 Å². The largest absolute Gasteiger partial charge is 0.417 e. The summed E-state index contributed by atoms with van der Waals surface area (Å²) in [6.07, 6.45) is -4.64. The van der Waals surface area contributed by atoms with E-state index in [-0.39, 0.29) is 26.5 Å². The number of alkyl halides is 3. The molecule has 10 heteroatoms. The first-order valence-corrected chi connectivity index (χ1v) is 10.4. The molecule has 0 aliphatic rings. The van der Waals surface area contributed by atoms with Gasteiger partial charge in [0.25, 0.3) is 5.91 Å². The SMILES string of the molecule is CNc1ccc(NC(=O)c2sc3nc(-c4cccs4)cc(C(F)(F)F)c3c2N)cc1. The van der Waals surface area contributed by atoms with Crippen molar-refractivity contribution < 1.29 is 18.0 Å². The number of nitrogen functional groups attached to an aromatic ring is 1. The molecule has 0 aliphatic heterocycles. The summed E-state index contributed by atoms with van der Waals surface area (Å²) in [5.41, 5.74) is 6.43. The van der Waals surface area contributed by atoms with Crippen LogP contribution in [-0.4, -0.2) is 17.9 Å². The summed E-state index contributed by atoms with van der Waals surface area (Å²) in [6, 6.07) is 11.3. The van der Waals surface area contributed by atoms with Crippen LogP contribution in [0.25, 0.3) is 20.8 Å². The van der Waals surface area contributed by atoms with E-state index in [1.54, 1.807) is 48.8 Å². The molecule has 0 atom stereocenters. The van der Waals surface area contributed by atoms with Gasteiger partial charge in [0.1, 0.15) is 9.71 Å². The molecule has 0 aliphatic carbocycles. The standard InChI is InChI=1S/C20H15F3N4OS2/c1-25-10-4-6-11(7-5-10)26-18(28)17-16(24)15-12(20(21,22)23)9-13(27-19(15)30-17)14-3-2-8-29-14/h2-9,25H,24H2,1H3,(H,26,28). The van der Waals surface area contributed by atoms with Gasteiger partial charge >= 0.3 is 6.18 Å². The van der Waals surface area contributed by atoms with E-state index in [0.29, 0.717) is 10.6 Å². The maximum absolute atomic E-state index is 13.8. The van der Waals surface area contributed by atoms with Gasteiger partial charge in [0.2, 0.25) is 0 Å². The molecule has 0 spiro atoms. The molecule has 1 aromatic carbocycles. The molecule has 4 rings (SSSR count). The van der Waals surface area contributed by atoms with Crippen LogP contribution in [0.5, 0.6) is 0 Å². The maximum Gasteiger partial charge on any atom is 0.417 e. The Hall–Kier alpha value is -3.11. The molecule has 154 valence electrons. The van der Waals surface area contributed by atoms with E-state index in [1.807, 2.05) is 0 Å². The van der Waals surface area contributed by atoms with Crippen LogP contribution in [0.3, 0.4) is 0 Å². The molecule has 5 nitrogen and oxygen atoms in total. The average molecular weight is 448 g/mol. The summed E-state index contributed by atoms with van der Waals surface area (Å²) in [4.78, 5) is 17.7. The second-order valence-corrected chi connectivity index (χ2v) is 8.28. The number of anilines is 3. The van der Waals surface area contributed by atoms with Crippen LogP contribution < -0.4 is 16.4 Å². The number of nitrogens with zero attached hydrogens (tertiary/aromatic N) is 1. The van der Waals surface area contributed by atoms with Gasteiger partial charge in [-0.25, -0.2) is 4.98 Å². The van der Waals surface area contributed by atoms with Gasteiger partial charge < -0.3 is 16.4 Å². The van der Waals surface area contributed by atoms with Gasteiger partial charge in [-0.2, -0.15) is 13.2 Å². The molecule has 3 aromatic heterocycles. The van der Waals surface area contributed by atoms with E-state index in [9.17, 15) is 18.0 Å². The van der Waals surface area contributed by atoms with Crippen molar-refractivity contribution in [2.24, 2.45) is 0 Å². The average Bonchev–Trinajstić information content (AvgIpc) is 3.36. The Labute approximate surface area is 177 Å². The first-order chi connectivity index (χ1) is 14.3. The summed E-state index contributed by atoms with van der Waals surface area (Å²) >= 11 is 2.13. The van der Waals surface area contributed by atoms with Crippen molar-refractivity contribution in [3.05, 3.63) is 58.3 Å². The lowest BCUT2D eigenvalue weighted by atomic mass is 10.1. The smallest absolute Gasteiger partial charge is 0.397 e. The molecule has 30 heavy (non-hydrogen) atoms. The zero-order chi connectivity index (χ0) is 21.5. The van der Waals surface area contributed by atoms with Gasteiger partial charge in [-0.05, 0) is 41.8 Å². The molecule has 0 unspecified atom stereocenters. The predicted molar refractivity (Wildman–Crippen MR) is 116 cm³/mol. The highest BCUT2D eigenvalue weighted by Crippen LogP contribution is 2.44. The minimum Gasteiger partial charge on any atom is -0.397 e. The van der Waals surface area contributed by atoms with E-state index >= 15 is 0 Å². The minimum atomic E-state index is -4.64. The Morgan fingerprint density at radius 3 is 2.43 bits per heavy atom. The van der Waals surface area contributed by atoms with Crippen molar-refractivity contribution in [2.45, 2.75) is 6.18 Å². The molecule has 3 heterocycles. The second-order valence-electron chi connectivity index (χ2n) is 6.34. The molecular formula is C20H15F3N4OS2. The number of thiophene rings is 2. The third kappa shape index (κ3) is 3.71. The number of hydrogen-bond donors (Lipinski definition) is 3. The number of amides is 1. The third-order valence-corrected chi connectivity index (χ3v) is 6.41. The topological polar surface area (TPSA) is 80.0 Å². The number of rotatable bonds is 4. The fourth-order valence-electron chi connectivity index (χ4n) is 2.97. The van der Waals surface area contributed by atoms with Crippen molar-refractivity contribution in [3.63, 3.8) is 0 Å². The number of pyridine rings is 1. The molecular weight excluding hydrogens is 433 g/mol. The van der Waals surface area contributed by atoms with Crippen molar-refractivity contribution in [1.29, 1.82) is 0 Å². The fourth-order valence-corrected chi connectivity index (χ4v) is 4.67. The molecule has 0 fully saturated rings. The number of halogens is 3. The molecule has 0 radical (unpaired) electrons. The minimum absolute atomic E-state index is 0.0102. The lowest BCUT2D eigenvalue weighted by molar-refractivity contribution is -0.136. The van der Waals surface area contributed by atoms with Crippen LogP contribution in [0.4, 0.5) is 30.2 Å². The first-order valence-electron chi connectivity index (χ1n) is 8.71. The van der Waals surface area contributed by atoms with Crippen molar-refractivity contribution in [2.75, 3.05) is 23.4 Å². The van der Waals surface area contributed by atoms with E-state index in [2.05, 4.69) is 15.6 Å². The zero-order valence-corrected chi connectivity index (χ0v) is 17.1. The fraction of sp³-hybridized carbons (Fsp3) is 0.100. The molecule has 1 amide bonds. The zero-order valence-electron chi connectivity index (χ0n) is 15.5. The third-order valence-electron chi connectivity index (χ3n) is 4.42. The molecule has 0 bridgehead atoms. The lowest BCUT2D eigenvalue weighted by Gasteiger charge is -2.10.